The van der Waals surface area contributed by atoms with Gasteiger partial charge >= 0.3 is 0 Å². The molecule has 0 spiro atoms. The molecule has 3 N–H and O–H groups in total. The van der Waals surface area contributed by atoms with Crippen LogP contribution < -0.4 is 20.5 Å². The number of fused-ring (bicyclic) bond motifs is 1. The van der Waals surface area contributed by atoms with Crippen LogP contribution in [-0.2, 0) is 0 Å². The molecule has 2 aromatic rings. The zero-order valence-corrected chi connectivity index (χ0v) is 10.9. The van der Waals surface area contributed by atoms with E-state index in [2.05, 4.69) is 5.32 Å². The average Bonchev–Trinajstić information content (AvgIpc) is 2.86. The van der Waals surface area contributed by atoms with Gasteiger partial charge in [0.2, 0.25) is 0 Å². The average molecular weight is 274 g/mol. The number of hydrogen-bond donors (Lipinski definition) is 2. The number of furan rings is 1. The second-order valence-electron chi connectivity index (χ2n) is 4.48. The highest BCUT2D eigenvalue weighted by Gasteiger charge is 2.17. The summed E-state index contributed by atoms with van der Waals surface area (Å²) in [6.07, 6.45) is 1.40. The number of hydrogen-bond acceptors (Lipinski definition) is 5. The summed E-state index contributed by atoms with van der Waals surface area (Å²) in [5, 5.41) is 2.73. The summed E-state index contributed by atoms with van der Waals surface area (Å²) in [7, 11) is 0. The van der Waals surface area contributed by atoms with Crippen LogP contribution in [0.5, 0.6) is 11.5 Å². The van der Waals surface area contributed by atoms with E-state index in [1.54, 1.807) is 25.1 Å². The summed E-state index contributed by atoms with van der Waals surface area (Å²) in [5.74, 6) is 1.55. The van der Waals surface area contributed by atoms with Crippen molar-refractivity contribution >= 4 is 17.3 Å². The molecule has 1 amide bonds. The molecule has 6 heteroatoms. The van der Waals surface area contributed by atoms with Crippen LogP contribution in [0.25, 0.3) is 0 Å². The Labute approximate surface area is 115 Å². The molecule has 0 saturated carbocycles. The quantitative estimate of drug-likeness (QED) is 0.820. The van der Waals surface area contributed by atoms with Crippen molar-refractivity contribution in [3.63, 3.8) is 0 Å². The smallest absolute Gasteiger partial charge is 0.258 e. The molecule has 0 aliphatic carbocycles. The Balaban J connectivity index is 1.85. The number of amides is 1. The maximum atomic E-state index is 12.0. The van der Waals surface area contributed by atoms with E-state index in [1.807, 2.05) is 0 Å². The van der Waals surface area contributed by atoms with Crippen LogP contribution in [-0.4, -0.2) is 19.1 Å². The first-order valence-corrected chi connectivity index (χ1v) is 6.19. The molecule has 1 aromatic heterocycles. The number of nitrogen functional groups attached to an aromatic ring is 1. The molecule has 0 bridgehead atoms. The summed E-state index contributed by atoms with van der Waals surface area (Å²) in [4.78, 5) is 12.0. The van der Waals surface area contributed by atoms with E-state index in [-0.39, 0.29) is 5.91 Å². The maximum absolute atomic E-state index is 12.0. The molecular weight excluding hydrogens is 260 g/mol. The summed E-state index contributed by atoms with van der Waals surface area (Å²) in [5.41, 5.74) is 7.25. The minimum Gasteiger partial charge on any atom is -0.486 e. The van der Waals surface area contributed by atoms with Gasteiger partial charge in [-0.2, -0.15) is 0 Å². The monoisotopic (exact) mass is 274 g/mol. The van der Waals surface area contributed by atoms with Crippen molar-refractivity contribution in [2.45, 2.75) is 6.92 Å². The Kier molecular flexibility index (Phi) is 2.98. The van der Waals surface area contributed by atoms with Crippen molar-refractivity contribution in [2.24, 2.45) is 0 Å². The summed E-state index contributed by atoms with van der Waals surface area (Å²) in [6.45, 7) is 2.74. The molecule has 0 fully saturated rings. The number of carbonyl (C=O) groups is 1. The third kappa shape index (κ3) is 2.27. The van der Waals surface area contributed by atoms with Crippen LogP contribution in [0.4, 0.5) is 11.4 Å². The Hall–Kier alpha value is -2.63. The minimum absolute atomic E-state index is 0.287. The van der Waals surface area contributed by atoms with E-state index in [0.29, 0.717) is 47.4 Å². The van der Waals surface area contributed by atoms with E-state index in [0.717, 1.165) is 0 Å². The van der Waals surface area contributed by atoms with E-state index >= 15 is 0 Å². The van der Waals surface area contributed by atoms with Crippen molar-refractivity contribution in [1.82, 2.24) is 0 Å². The van der Waals surface area contributed by atoms with Crippen molar-refractivity contribution in [1.29, 1.82) is 0 Å². The fourth-order valence-electron chi connectivity index (χ4n) is 1.97. The van der Waals surface area contributed by atoms with Gasteiger partial charge in [0.1, 0.15) is 25.2 Å². The van der Waals surface area contributed by atoms with Gasteiger partial charge in [-0.3, -0.25) is 4.79 Å². The van der Waals surface area contributed by atoms with E-state index in [1.165, 1.54) is 6.26 Å². The standard InChI is InChI=1S/C14H14N2O4/c1-8-4-9(7-20-8)14(17)16-11-6-13-12(5-10(11)15)18-2-3-19-13/h4-7H,2-3,15H2,1H3,(H,16,17). The Morgan fingerprint density at radius 2 is 1.90 bits per heavy atom. The van der Waals surface area contributed by atoms with Gasteiger partial charge < -0.3 is 24.9 Å². The van der Waals surface area contributed by atoms with Gasteiger partial charge in [-0.1, -0.05) is 0 Å². The second kappa shape index (κ2) is 4.80. The van der Waals surface area contributed by atoms with Gasteiger partial charge in [0.25, 0.3) is 5.91 Å². The zero-order chi connectivity index (χ0) is 14.1. The molecule has 0 atom stereocenters. The van der Waals surface area contributed by atoms with Crippen molar-refractivity contribution < 1.29 is 18.7 Å². The van der Waals surface area contributed by atoms with Gasteiger partial charge in [0, 0.05) is 12.1 Å². The molecule has 1 aliphatic heterocycles. The first-order chi connectivity index (χ1) is 9.63. The number of nitrogens with two attached hydrogens (primary N) is 1. The molecule has 3 rings (SSSR count). The number of carbonyl (C=O) groups excluding carboxylic acids is 1. The highest BCUT2D eigenvalue weighted by atomic mass is 16.6. The van der Waals surface area contributed by atoms with Crippen LogP contribution in [0.3, 0.4) is 0 Å². The van der Waals surface area contributed by atoms with E-state index in [4.69, 9.17) is 19.6 Å². The van der Waals surface area contributed by atoms with Gasteiger partial charge in [-0.05, 0) is 13.0 Å². The topological polar surface area (TPSA) is 86.7 Å². The molecule has 2 heterocycles. The predicted molar refractivity (Wildman–Crippen MR) is 73.2 cm³/mol. The third-order valence-electron chi connectivity index (χ3n) is 2.96. The summed E-state index contributed by atoms with van der Waals surface area (Å²) >= 11 is 0. The molecule has 0 radical (unpaired) electrons. The Bertz CT molecular complexity index is 663. The second-order valence-corrected chi connectivity index (χ2v) is 4.48. The van der Waals surface area contributed by atoms with Gasteiger partial charge in [-0.25, -0.2) is 0 Å². The summed E-state index contributed by atoms with van der Waals surface area (Å²) in [6, 6.07) is 4.96. The van der Waals surface area contributed by atoms with Crippen molar-refractivity contribution in [3.05, 3.63) is 35.8 Å². The van der Waals surface area contributed by atoms with Gasteiger partial charge in [0.15, 0.2) is 11.5 Å². The largest absolute Gasteiger partial charge is 0.486 e. The Morgan fingerprint density at radius 1 is 1.20 bits per heavy atom. The molecule has 0 saturated heterocycles. The molecule has 1 aliphatic rings. The van der Waals surface area contributed by atoms with Gasteiger partial charge in [-0.15, -0.1) is 0 Å². The van der Waals surface area contributed by atoms with Crippen LogP contribution in [0.2, 0.25) is 0 Å². The van der Waals surface area contributed by atoms with E-state index < -0.39 is 0 Å². The lowest BCUT2D eigenvalue weighted by molar-refractivity contribution is 0.102. The first-order valence-electron chi connectivity index (χ1n) is 6.19. The van der Waals surface area contributed by atoms with Crippen LogP contribution >= 0.6 is 0 Å². The molecule has 1 aromatic carbocycles. The first kappa shape index (κ1) is 12.4. The number of rotatable bonds is 2. The third-order valence-corrected chi connectivity index (χ3v) is 2.96. The van der Waals surface area contributed by atoms with Gasteiger partial charge in [0.05, 0.1) is 16.9 Å². The van der Waals surface area contributed by atoms with Crippen LogP contribution in [0, 0.1) is 6.92 Å². The molecule has 0 unspecified atom stereocenters. The Morgan fingerprint density at radius 3 is 2.55 bits per heavy atom. The highest BCUT2D eigenvalue weighted by molar-refractivity contribution is 6.05. The summed E-state index contributed by atoms with van der Waals surface area (Å²) < 4.78 is 16.0. The number of anilines is 2. The SMILES string of the molecule is Cc1cc(C(=O)Nc2cc3c(cc2N)OCCO3)co1. The number of nitrogens with one attached hydrogen (secondary N) is 1. The lowest BCUT2D eigenvalue weighted by Crippen LogP contribution is -2.17. The van der Waals surface area contributed by atoms with Crippen molar-refractivity contribution in [2.75, 3.05) is 24.3 Å². The number of ether oxygens (including phenoxy) is 2. The van der Waals surface area contributed by atoms with E-state index in [9.17, 15) is 4.79 Å². The van der Waals surface area contributed by atoms with Crippen molar-refractivity contribution in [3.8, 4) is 11.5 Å². The van der Waals surface area contributed by atoms with Crippen LogP contribution in [0.15, 0.2) is 28.9 Å². The van der Waals surface area contributed by atoms with Crippen LogP contribution in [0.1, 0.15) is 16.1 Å². The molecule has 104 valence electrons. The normalized spacial score (nSPS) is 13.1. The highest BCUT2D eigenvalue weighted by Crippen LogP contribution is 2.37. The fraction of sp³-hybridized carbons (Fsp3) is 0.214. The number of benzene rings is 1. The number of aryl methyl sites for hydroxylation is 1. The zero-order valence-electron chi connectivity index (χ0n) is 10.9. The molecule has 6 nitrogen and oxygen atoms in total. The predicted octanol–water partition coefficient (Wildman–Crippen LogP) is 2.19. The lowest BCUT2D eigenvalue weighted by atomic mass is 10.2. The maximum Gasteiger partial charge on any atom is 0.258 e. The molecule has 20 heavy (non-hydrogen) atoms. The lowest BCUT2D eigenvalue weighted by Gasteiger charge is -2.20. The molecular formula is C14H14N2O4. The minimum atomic E-state index is -0.287. The fourth-order valence-corrected chi connectivity index (χ4v) is 1.97.